The summed E-state index contributed by atoms with van der Waals surface area (Å²) >= 11 is 0. The van der Waals surface area contributed by atoms with Crippen LogP contribution in [0.4, 0.5) is 11.4 Å². The molecule has 1 aromatic rings. The van der Waals surface area contributed by atoms with Crippen LogP contribution in [0.2, 0.25) is 0 Å². The van der Waals surface area contributed by atoms with Crippen LogP contribution in [0, 0.1) is 10.1 Å². The van der Waals surface area contributed by atoms with Crippen molar-refractivity contribution in [2.45, 2.75) is 25.3 Å². The summed E-state index contributed by atoms with van der Waals surface area (Å²) in [5.41, 5.74) is 1.11. The minimum atomic E-state index is -0.389. The van der Waals surface area contributed by atoms with E-state index in [2.05, 4.69) is 4.90 Å². The number of anilines is 1. The first kappa shape index (κ1) is 12.9. The zero-order valence-corrected chi connectivity index (χ0v) is 11.4. The summed E-state index contributed by atoms with van der Waals surface area (Å²) in [4.78, 5) is 26.1. The second-order valence-electron chi connectivity index (χ2n) is 5.59. The number of carbonyl (C=O) groups is 1. The summed E-state index contributed by atoms with van der Waals surface area (Å²) in [6, 6.07) is 6.65. The van der Waals surface area contributed by atoms with Gasteiger partial charge in [-0.1, -0.05) is 0 Å². The standard InChI is InChI=1S/C14H17N3O3/c1-11(18)16-9-8-15(10-14(16)6-7-14)12-2-4-13(5-3-12)17(19)20/h2-5H,6-10H2,1H3. The van der Waals surface area contributed by atoms with Gasteiger partial charge in [-0.15, -0.1) is 0 Å². The molecule has 0 N–H and O–H groups in total. The van der Waals surface area contributed by atoms with Crippen LogP contribution in [0.15, 0.2) is 24.3 Å². The Hall–Kier alpha value is -2.11. The maximum Gasteiger partial charge on any atom is 0.269 e. The summed E-state index contributed by atoms with van der Waals surface area (Å²) in [7, 11) is 0. The van der Waals surface area contributed by atoms with Gasteiger partial charge >= 0.3 is 0 Å². The fourth-order valence-corrected chi connectivity index (χ4v) is 3.05. The maximum absolute atomic E-state index is 11.6. The molecule has 20 heavy (non-hydrogen) atoms. The molecule has 6 heteroatoms. The van der Waals surface area contributed by atoms with Crippen molar-refractivity contribution in [1.29, 1.82) is 0 Å². The van der Waals surface area contributed by atoms with E-state index in [0.29, 0.717) is 0 Å². The number of nitro benzene ring substituents is 1. The number of amides is 1. The molecular weight excluding hydrogens is 258 g/mol. The predicted molar refractivity (Wildman–Crippen MR) is 74.7 cm³/mol. The molecule has 1 saturated carbocycles. The first-order valence-electron chi connectivity index (χ1n) is 6.79. The van der Waals surface area contributed by atoms with Gasteiger partial charge in [-0.05, 0) is 25.0 Å². The largest absolute Gasteiger partial charge is 0.367 e. The topological polar surface area (TPSA) is 66.7 Å². The third kappa shape index (κ3) is 2.11. The molecule has 0 bridgehead atoms. The van der Waals surface area contributed by atoms with Crippen LogP contribution < -0.4 is 4.90 Å². The molecule has 1 aliphatic carbocycles. The number of carbonyl (C=O) groups excluding carboxylic acids is 1. The predicted octanol–water partition coefficient (Wildman–Crippen LogP) is 1.80. The van der Waals surface area contributed by atoms with Gasteiger partial charge in [0, 0.05) is 44.4 Å². The molecule has 1 amide bonds. The van der Waals surface area contributed by atoms with Crippen LogP contribution in [0.3, 0.4) is 0 Å². The van der Waals surface area contributed by atoms with Crippen LogP contribution in [0.25, 0.3) is 0 Å². The fraction of sp³-hybridized carbons (Fsp3) is 0.500. The highest BCUT2D eigenvalue weighted by atomic mass is 16.6. The van der Waals surface area contributed by atoms with E-state index in [0.717, 1.165) is 38.2 Å². The molecule has 6 nitrogen and oxygen atoms in total. The van der Waals surface area contributed by atoms with E-state index >= 15 is 0 Å². The quantitative estimate of drug-likeness (QED) is 0.609. The lowest BCUT2D eigenvalue weighted by atomic mass is 10.1. The Kier molecular flexibility index (Phi) is 2.88. The van der Waals surface area contributed by atoms with E-state index in [1.807, 2.05) is 4.90 Å². The SMILES string of the molecule is CC(=O)N1CCN(c2ccc([N+](=O)[O-])cc2)CC12CC2. The number of hydrogen-bond donors (Lipinski definition) is 0. The number of hydrogen-bond acceptors (Lipinski definition) is 4. The van der Waals surface area contributed by atoms with Gasteiger partial charge in [0.2, 0.25) is 5.91 Å². The summed E-state index contributed by atoms with van der Waals surface area (Å²) in [5, 5.41) is 10.7. The Labute approximate surface area is 117 Å². The molecule has 1 spiro atoms. The number of non-ortho nitro benzene ring substituents is 1. The summed E-state index contributed by atoms with van der Waals surface area (Å²) in [6.45, 7) is 3.96. The molecule has 1 heterocycles. The second kappa shape index (κ2) is 4.47. The number of piperazine rings is 1. The molecule has 1 saturated heterocycles. The maximum atomic E-state index is 11.6. The molecular formula is C14H17N3O3. The van der Waals surface area contributed by atoms with Gasteiger partial charge in [-0.25, -0.2) is 0 Å². The van der Waals surface area contributed by atoms with Crippen molar-refractivity contribution in [3.8, 4) is 0 Å². The Morgan fingerprint density at radius 1 is 1.25 bits per heavy atom. The van der Waals surface area contributed by atoms with Crippen molar-refractivity contribution in [3.05, 3.63) is 34.4 Å². The fourth-order valence-electron chi connectivity index (χ4n) is 3.05. The van der Waals surface area contributed by atoms with Crippen molar-refractivity contribution in [2.24, 2.45) is 0 Å². The number of benzene rings is 1. The first-order chi connectivity index (χ1) is 9.52. The van der Waals surface area contributed by atoms with Crippen LogP contribution in [0.5, 0.6) is 0 Å². The van der Waals surface area contributed by atoms with Gasteiger partial charge in [-0.3, -0.25) is 14.9 Å². The summed E-state index contributed by atoms with van der Waals surface area (Å²) < 4.78 is 0. The van der Waals surface area contributed by atoms with Crippen molar-refractivity contribution in [3.63, 3.8) is 0 Å². The van der Waals surface area contributed by atoms with E-state index in [4.69, 9.17) is 0 Å². The van der Waals surface area contributed by atoms with Crippen LogP contribution in [-0.4, -0.2) is 40.9 Å². The number of nitrogens with zero attached hydrogens (tertiary/aromatic N) is 3. The molecule has 1 aliphatic heterocycles. The molecule has 2 fully saturated rings. The van der Waals surface area contributed by atoms with Gasteiger partial charge < -0.3 is 9.80 Å². The zero-order chi connectivity index (χ0) is 14.3. The highest BCUT2D eigenvalue weighted by Gasteiger charge is 2.52. The smallest absolute Gasteiger partial charge is 0.269 e. The second-order valence-corrected chi connectivity index (χ2v) is 5.59. The molecule has 0 unspecified atom stereocenters. The third-order valence-electron chi connectivity index (χ3n) is 4.28. The molecule has 106 valence electrons. The van der Waals surface area contributed by atoms with Crippen LogP contribution in [0.1, 0.15) is 19.8 Å². The van der Waals surface area contributed by atoms with E-state index in [9.17, 15) is 14.9 Å². The summed E-state index contributed by atoms with van der Waals surface area (Å²) in [5.74, 6) is 0.144. The lowest BCUT2D eigenvalue weighted by molar-refractivity contribution is -0.384. The highest BCUT2D eigenvalue weighted by molar-refractivity contribution is 5.75. The van der Waals surface area contributed by atoms with E-state index in [-0.39, 0.29) is 22.1 Å². The Bertz CT molecular complexity index is 551. The molecule has 2 aliphatic rings. The number of rotatable bonds is 2. The Morgan fingerprint density at radius 2 is 1.90 bits per heavy atom. The lowest BCUT2D eigenvalue weighted by Gasteiger charge is -2.42. The van der Waals surface area contributed by atoms with Crippen molar-refractivity contribution < 1.29 is 9.72 Å². The van der Waals surface area contributed by atoms with Crippen molar-refractivity contribution in [1.82, 2.24) is 4.90 Å². The minimum Gasteiger partial charge on any atom is -0.367 e. The van der Waals surface area contributed by atoms with E-state index < -0.39 is 0 Å². The third-order valence-corrected chi connectivity index (χ3v) is 4.28. The molecule has 0 aromatic heterocycles. The molecule has 1 aromatic carbocycles. The average molecular weight is 275 g/mol. The highest BCUT2D eigenvalue weighted by Crippen LogP contribution is 2.45. The lowest BCUT2D eigenvalue weighted by Crippen LogP contribution is -2.56. The van der Waals surface area contributed by atoms with Crippen molar-refractivity contribution >= 4 is 17.3 Å². The van der Waals surface area contributed by atoms with Gasteiger partial charge in [0.05, 0.1) is 10.5 Å². The molecule has 0 radical (unpaired) electrons. The normalized spacial score (nSPS) is 20.1. The van der Waals surface area contributed by atoms with Crippen molar-refractivity contribution in [2.75, 3.05) is 24.5 Å². The van der Waals surface area contributed by atoms with Gasteiger partial charge in [0.15, 0.2) is 0 Å². The van der Waals surface area contributed by atoms with Gasteiger partial charge in [0.1, 0.15) is 0 Å². The number of nitro groups is 1. The Morgan fingerprint density at radius 3 is 2.40 bits per heavy atom. The first-order valence-corrected chi connectivity index (χ1v) is 6.79. The minimum absolute atomic E-state index is 0.00581. The van der Waals surface area contributed by atoms with E-state index in [1.165, 1.54) is 12.1 Å². The van der Waals surface area contributed by atoms with Crippen LogP contribution >= 0.6 is 0 Å². The monoisotopic (exact) mass is 275 g/mol. The summed E-state index contributed by atoms with van der Waals surface area (Å²) in [6.07, 6.45) is 2.10. The van der Waals surface area contributed by atoms with Gasteiger partial charge in [0.25, 0.3) is 5.69 Å². The Balaban J connectivity index is 1.76. The molecule has 0 atom stereocenters. The van der Waals surface area contributed by atoms with Crippen LogP contribution in [-0.2, 0) is 4.79 Å². The van der Waals surface area contributed by atoms with Gasteiger partial charge in [-0.2, -0.15) is 0 Å². The molecule has 3 rings (SSSR count). The zero-order valence-electron chi connectivity index (χ0n) is 11.4. The average Bonchev–Trinajstić information content (AvgIpc) is 3.18. The van der Waals surface area contributed by atoms with E-state index in [1.54, 1.807) is 19.1 Å².